The van der Waals surface area contributed by atoms with Crippen LogP contribution in [0.5, 0.6) is 0 Å². The van der Waals surface area contributed by atoms with Crippen LogP contribution in [-0.2, 0) is 47.9 Å². The molecule has 1 heterocycles. The molecule has 1 fully saturated rings. The first kappa shape index (κ1) is 81.9. The molecule has 0 aromatic rings. The Morgan fingerprint density at radius 2 is 1.06 bits per heavy atom. The fourth-order valence-electron chi connectivity index (χ4n) is 11.9. The van der Waals surface area contributed by atoms with E-state index in [0.29, 0.717) is 19.1 Å². The molecule has 0 saturated carbocycles. The molecule has 25 heteroatoms. The third kappa shape index (κ3) is 22.6. The molecule has 514 valence electrons. The van der Waals surface area contributed by atoms with Crippen LogP contribution < -0.4 is 21.3 Å². The SMILES string of the molecule is C/C=C/C[C@@H](C)[C@@H](OC(C)=O)[C@H]1C(=O)N[C@@H](CC)C(O)N(C)[C@H](C)C(=O)N(C)[C@@H]([C@H](C)C=O)C(=O)N[C@@H](C(C)C)C(=O)N(C)[C@@H](CC(C)C)C(=O)N[C@@H](C)C(=O)N[C@H](C)C(=O)N(C)[C@@H](CC(C)C)C(O)N(C)[C@@H](CC(C)C)C(O)N(C)[C@@H](C(C)C)C(O)N1C. The first-order valence-corrected chi connectivity index (χ1v) is 31.9. The fourth-order valence-corrected chi connectivity index (χ4v) is 11.9. The van der Waals surface area contributed by atoms with Crippen molar-refractivity contribution in [2.24, 2.45) is 41.4 Å². The summed E-state index contributed by atoms with van der Waals surface area (Å²) in [5.74, 6) is -8.75. The van der Waals surface area contributed by atoms with E-state index in [-0.39, 0.29) is 37.0 Å². The lowest BCUT2D eigenvalue weighted by atomic mass is 9.90. The number of amides is 7. The summed E-state index contributed by atoms with van der Waals surface area (Å²) in [5.41, 5.74) is 0. The lowest BCUT2D eigenvalue weighted by molar-refractivity contribution is -0.177. The van der Waals surface area contributed by atoms with Crippen molar-refractivity contribution >= 4 is 53.6 Å². The second kappa shape index (κ2) is 37.4. The van der Waals surface area contributed by atoms with Gasteiger partial charge in [0.2, 0.25) is 41.4 Å². The number of aliphatic hydroxyl groups excluding tert-OH is 4. The van der Waals surface area contributed by atoms with E-state index in [4.69, 9.17) is 4.74 Å². The van der Waals surface area contributed by atoms with Gasteiger partial charge in [0.05, 0.1) is 30.2 Å². The van der Waals surface area contributed by atoms with Gasteiger partial charge in [-0.2, -0.15) is 0 Å². The zero-order valence-electron chi connectivity index (χ0n) is 58.5. The van der Waals surface area contributed by atoms with Crippen molar-refractivity contribution in [1.29, 1.82) is 0 Å². The highest BCUT2D eigenvalue weighted by atomic mass is 16.5. The maximum Gasteiger partial charge on any atom is 0.302 e. The van der Waals surface area contributed by atoms with E-state index in [1.807, 2.05) is 74.5 Å². The lowest BCUT2D eigenvalue weighted by Gasteiger charge is -2.48. The summed E-state index contributed by atoms with van der Waals surface area (Å²) in [6.45, 7) is 30.8. The Morgan fingerprint density at radius 1 is 0.551 bits per heavy atom. The lowest BCUT2D eigenvalue weighted by Crippen LogP contribution is -2.66. The van der Waals surface area contributed by atoms with Crippen molar-refractivity contribution in [3.8, 4) is 0 Å². The van der Waals surface area contributed by atoms with Gasteiger partial charge in [0.25, 0.3) is 0 Å². The van der Waals surface area contributed by atoms with E-state index in [9.17, 15) is 58.8 Å². The highest BCUT2D eigenvalue weighted by Gasteiger charge is 2.48. The largest absolute Gasteiger partial charge is 0.460 e. The van der Waals surface area contributed by atoms with E-state index >= 15 is 4.79 Å². The molecule has 18 atom stereocenters. The van der Waals surface area contributed by atoms with Crippen molar-refractivity contribution in [2.45, 2.75) is 254 Å². The number of rotatable bonds is 16. The van der Waals surface area contributed by atoms with Gasteiger partial charge in [-0.05, 0) is 123 Å². The number of aliphatic hydroxyl groups is 4. The minimum absolute atomic E-state index is 0.0633. The first-order chi connectivity index (χ1) is 41.1. The van der Waals surface area contributed by atoms with Crippen LogP contribution in [0.2, 0.25) is 0 Å². The summed E-state index contributed by atoms with van der Waals surface area (Å²) in [6.07, 6.45) is -1.95. The number of nitrogens with zero attached hydrogens (tertiary/aromatic N) is 7. The van der Waals surface area contributed by atoms with Gasteiger partial charge in [0.1, 0.15) is 73.6 Å². The van der Waals surface area contributed by atoms with Crippen molar-refractivity contribution in [3.63, 3.8) is 0 Å². The van der Waals surface area contributed by atoms with Gasteiger partial charge in [0.15, 0.2) is 0 Å². The normalized spacial score (nSPS) is 31.3. The first-order valence-electron chi connectivity index (χ1n) is 31.9. The maximum atomic E-state index is 15.3. The van der Waals surface area contributed by atoms with E-state index < -0.39 is 168 Å². The van der Waals surface area contributed by atoms with Crippen LogP contribution in [0.15, 0.2) is 12.2 Å². The summed E-state index contributed by atoms with van der Waals surface area (Å²) in [5, 5.41) is 61.4. The smallest absolute Gasteiger partial charge is 0.302 e. The van der Waals surface area contributed by atoms with Gasteiger partial charge < -0.3 is 65.9 Å². The minimum Gasteiger partial charge on any atom is -0.460 e. The van der Waals surface area contributed by atoms with Crippen LogP contribution in [0.25, 0.3) is 0 Å². The van der Waals surface area contributed by atoms with Crippen LogP contribution in [0.3, 0.4) is 0 Å². The molecule has 0 radical (unpaired) electrons. The molecule has 25 nitrogen and oxygen atoms in total. The van der Waals surface area contributed by atoms with Crippen LogP contribution >= 0.6 is 0 Å². The molecule has 89 heavy (non-hydrogen) atoms. The summed E-state index contributed by atoms with van der Waals surface area (Å²) < 4.78 is 6.01. The van der Waals surface area contributed by atoms with E-state index in [0.717, 1.165) is 4.90 Å². The van der Waals surface area contributed by atoms with E-state index in [1.54, 1.807) is 51.6 Å². The minimum atomic E-state index is -1.60. The highest BCUT2D eigenvalue weighted by Crippen LogP contribution is 2.30. The monoisotopic (exact) mass is 1270 g/mol. The van der Waals surface area contributed by atoms with Crippen LogP contribution in [0.1, 0.15) is 157 Å². The fraction of sp³-hybridized carbons (Fsp3) is 0.828. The van der Waals surface area contributed by atoms with E-state index in [1.165, 1.54) is 89.5 Å². The average molecular weight is 1270 g/mol. The van der Waals surface area contributed by atoms with Gasteiger partial charge in [-0.15, -0.1) is 0 Å². The molecule has 4 unspecified atom stereocenters. The quantitative estimate of drug-likeness (QED) is 0.0624. The summed E-state index contributed by atoms with van der Waals surface area (Å²) >= 11 is 0. The highest BCUT2D eigenvalue weighted by molar-refractivity contribution is 5.97. The van der Waals surface area contributed by atoms with Crippen LogP contribution in [-0.4, -0.2) is 255 Å². The number of hydrogen-bond donors (Lipinski definition) is 8. The maximum absolute atomic E-state index is 15.3. The van der Waals surface area contributed by atoms with Crippen molar-refractivity contribution in [3.05, 3.63) is 12.2 Å². The third-order valence-electron chi connectivity index (χ3n) is 17.6. The van der Waals surface area contributed by atoms with Gasteiger partial charge in [-0.25, -0.2) is 0 Å². The Morgan fingerprint density at radius 3 is 1.53 bits per heavy atom. The van der Waals surface area contributed by atoms with Crippen molar-refractivity contribution < 1.29 is 68.3 Å². The standard InChI is InChI=1S/C64H119N11O14/c1-26-28-29-39(13)53(89-44(18)77)52-57(81)67-45(27-2)60(84)69(19)43(17)59(83)74(24)51(40(14)33-76)56(80)68-49(37(9)10)63(87)70(20)46(30-34(3)4)55(79)65-41(15)54(78)66-42(16)58(82)71(21)47(31-35(5)6)61(85)72(22)48(32-36(7)8)62(86)73(23)50(38(11)12)64(88)75(52)25/h26,28,33-43,45-53,60-62,64,84-86,88H,27,29-32H2,1-25H3,(H,65,79)(H,66,78)(H,67,81)(H,68,80)/b28-26+/t39-,40-,41+,42-,43-,45+,46+,47+,48+,49+,50+,51+,52+,53-,60?,61?,62?,64?/m1/s1. The molecular weight excluding hydrogens is 1150 g/mol. The second-order valence-corrected chi connectivity index (χ2v) is 27.1. The number of hydrogen-bond acceptors (Lipinski definition) is 18. The number of nitrogens with one attached hydrogen (secondary N) is 4. The van der Waals surface area contributed by atoms with Gasteiger partial charge in [-0.1, -0.05) is 102 Å². The molecule has 0 aromatic heterocycles. The van der Waals surface area contributed by atoms with Crippen LogP contribution in [0.4, 0.5) is 0 Å². The van der Waals surface area contributed by atoms with Crippen molar-refractivity contribution in [2.75, 3.05) is 49.3 Å². The van der Waals surface area contributed by atoms with Gasteiger partial charge in [-0.3, -0.25) is 58.0 Å². The molecule has 0 aliphatic carbocycles. The number of carbonyl (C=O) groups excluding carboxylic acids is 9. The Balaban J connectivity index is 4.48. The number of likely N-dealkylation sites (N-methyl/N-ethyl adjacent to an activating group) is 7. The van der Waals surface area contributed by atoms with Gasteiger partial charge >= 0.3 is 5.97 Å². The zero-order valence-corrected chi connectivity index (χ0v) is 58.5. The molecule has 8 N–H and O–H groups in total. The number of carbonyl (C=O) groups is 9. The second-order valence-electron chi connectivity index (χ2n) is 27.1. The predicted molar refractivity (Wildman–Crippen MR) is 342 cm³/mol. The number of allylic oxidation sites excluding steroid dienone is 2. The van der Waals surface area contributed by atoms with Crippen molar-refractivity contribution in [1.82, 2.24) is 55.6 Å². The third-order valence-corrected chi connectivity index (χ3v) is 17.6. The Hall–Kier alpha value is -5.15. The molecular formula is C64H119N11O14. The molecule has 1 rings (SSSR count). The van der Waals surface area contributed by atoms with Crippen LogP contribution in [0, 0.1) is 41.4 Å². The van der Waals surface area contributed by atoms with Gasteiger partial charge in [0, 0.05) is 34.0 Å². The number of aldehydes is 1. The molecule has 7 amide bonds. The molecule has 1 aliphatic heterocycles. The molecule has 1 aliphatic rings. The molecule has 0 aromatic carbocycles. The summed E-state index contributed by atoms with van der Waals surface area (Å²) in [6, 6.07) is -12.9. The number of esters is 1. The predicted octanol–water partition coefficient (Wildman–Crippen LogP) is 2.18. The molecule has 0 spiro atoms. The Kier molecular flexibility index (Phi) is 34.4. The Bertz CT molecular complexity index is 2330. The number of ether oxygens (including phenoxy) is 1. The molecule has 0 bridgehead atoms. The summed E-state index contributed by atoms with van der Waals surface area (Å²) in [4.78, 5) is 137. The molecule has 1 saturated heterocycles. The van der Waals surface area contributed by atoms with E-state index in [2.05, 4.69) is 21.3 Å². The Labute approximate surface area is 532 Å². The topological polar surface area (TPSA) is 315 Å². The average Bonchev–Trinajstić information content (AvgIpc) is 0.924. The summed E-state index contributed by atoms with van der Waals surface area (Å²) in [7, 11) is 10.4. The zero-order chi connectivity index (χ0) is 69.1.